The highest BCUT2D eigenvalue weighted by molar-refractivity contribution is 7.90. The average Bonchev–Trinajstić information content (AvgIpc) is 2.73. The molecule has 0 saturated carbocycles. The van der Waals surface area contributed by atoms with Crippen LogP contribution in [0.15, 0.2) is 0 Å². The number of amides is 1. The molecule has 0 spiro atoms. The Morgan fingerprint density at radius 2 is 2.12 bits per heavy atom. The minimum absolute atomic E-state index is 0.0302. The van der Waals surface area contributed by atoms with Crippen molar-refractivity contribution in [1.29, 1.82) is 0 Å². The molecule has 100 valence electrons. The lowest BCUT2D eigenvalue weighted by Crippen LogP contribution is -2.44. The van der Waals surface area contributed by atoms with Gasteiger partial charge in [0, 0.05) is 26.4 Å². The highest BCUT2D eigenvalue weighted by Gasteiger charge is 2.41. The van der Waals surface area contributed by atoms with Crippen LogP contribution < -0.4 is 5.32 Å². The fraction of sp³-hybridized carbons (Fsp3) is 0.909. The fourth-order valence-corrected chi connectivity index (χ4v) is 2.79. The van der Waals surface area contributed by atoms with Gasteiger partial charge in [-0.25, -0.2) is 8.42 Å². The first-order chi connectivity index (χ1) is 7.81. The number of nitrogens with one attached hydrogen (secondary N) is 1. The molecule has 1 heterocycles. The Morgan fingerprint density at radius 1 is 1.47 bits per heavy atom. The van der Waals surface area contributed by atoms with Gasteiger partial charge in [0.15, 0.2) is 0 Å². The molecule has 1 amide bonds. The maximum Gasteiger partial charge on any atom is 0.229 e. The normalized spacial score (nSPS) is 24.9. The second kappa shape index (κ2) is 5.35. The van der Waals surface area contributed by atoms with Crippen LogP contribution in [0.1, 0.15) is 19.8 Å². The van der Waals surface area contributed by atoms with Crippen molar-refractivity contribution in [2.45, 2.75) is 19.8 Å². The molecule has 0 bridgehead atoms. The molecule has 1 aliphatic rings. The number of rotatable bonds is 5. The Kier molecular flexibility index (Phi) is 4.55. The highest BCUT2D eigenvalue weighted by atomic mass is 32.2. The molecular formula is C11H22N2O3S. The van der Waals surface area contributed by atoms with Crippen molar-refractivity contribution < 1.29 is 13.2 Å². The van der Waals surface area contributed by atoms with E-state index >= 15 is 0 Å². The van der Waals surface area contributed by atoms with E-state index in [0.29, 0.717) is 6.54 Å². The van der Waals surface area contributed by atoms with Gasteiger partial charge in [-0.1, -0.05) is 6.92 Å². The minimum Gasteiger partial charge on any atom is -0.344 e. The van der Waals surface area contributed by atoms with Gasteiger partial charge in [0.1, 0.15) is 9.84 Å². The van der Waals surface area contributed by atoms with Crippen LogP contribution in [0.2, 0.25) is 0 Å². The molecule has 1 fully saturated rings. The number of nitrogens with zero attached hydrogens (tertiary/aromatic N) is 1. The van der Waals surface area contributed by atoms with Gasteiger partial charge in [0.05, 0.1) is 11.2 Å². The van der Waals surface area contributed by atoms with Gasteiger partial charge in [-0.2, -0.15) is 0 Å². The Balaban J connectivity index is 2.62. The van der Waals surface area contributed by atoms with Crippen LogP contribution in [0.5, 0.6) is 0 Å². The van der Waals surface area contributed by atoms with E-state index in [0.717, 1.165) is 19.4 Å². The van der Waals surface area contributed by atoms with Crippen molar-refractivity contribution in [3.05, 3.63) is 0 Å². The Bertz CT molecular complexity index is 372. The molecule has 6 heteroatoms. The number of hydrogen-bond donors (Lipinski definition) is 1. The van der Waals surface area contributed by atoms with Gasteiger partial charge in [-0.3, -0.25) is 4.79 Å². The topological polar surface area (TPSA) is 66.5 Å². The minimum atomic E-state index is -3.01. The second-order valence-corrected chi connectivity index (χ2v) is 7.18. The lowest BCUT2D eigenvalue weighted by molar-refractivity contribution is -0.139. The third-order valence-electron chi connectivity index (χ3n) is 3.52. The van der Waals surface area contributed by atoms with Crippen molar-refractivity contribution in [2.75, 3.05) is 38.7 Å². The van der Waals surface area contributed by atoms with E-state index in [-0.39, 0.29) is 23.6 Å². The summed E-state index contributed by atoms with van der Waals surface area (Å²) >= 11 is 0. The summed E-state index contributed by atoms with van der Waals surface area (Å²) in [5.41, 5.74) is -0.327. The molecule has 1 unspecified atom stereocenters. The molecule has 1 saturated heterocycles. The van der Waals surface area contributed by atoms with E-state index in [9.17, 15) is 13.2 Å². The molecule has 0 aromatic rings. The summed E-state index contributed by atoms with van der Waals surface area (Å²) in [6.07, 6.45) is 2.83. The summed E-state index contributed by atoms with van der Waals surface area (Å²) in [6.45, 7) is 3.85. The molecule has 17 heavy (non-hydrogen) atoms. The average molecular weight is 262 g/mol. The van der Waals surface area contributed by atoms with Gasteiger partial charge >= 0.3 is 0 Å². The smallest absolute Gasteiger partial charge is 0.229 e. The van der Waals surface area contributed by atoms with Crippen molar-refractivity contribution >= 4 is 15.7 Å². The Morgan fingerprint density at radius 3 is 2.53 bits per heavy atom. The summed E-state index contributed by atoms with van der Waals surface area (Å²) in [5.74, 6) is 0.0938. The lowest BCUT2D eigenvalue weighted by Gasteiger charge is -2.30. The van der Waals surface area contributed by atoms with Crippen molar-refractivity contribution in [2.24, 2.45) is 5.41 Å². The van der Waals surface area contributed by atoms with Crippen molar-refractivity contribution in [3.63, 3.8) is 0 Å². The van der Waals surface area contributed by atoms with Gasteiger partial charge in [0.25, 0.3) is 0 Å². The maximum absolute atomic E-state index is 12.3. The number of sulfone groups is 1. The third kappa shape index (κ3) is 3.67. The van der Waals surface area contributed by atoms with Gasteiger partial charge in [0.2, 0.25) is 5.91 Å². The zero-order valence-corrected chi connectivity index (χ0v) is 11.6. The monoisotopic (exact) mass is 262 g/mol. The van der Waals surface area contributed by atoms with Crippen molar-refractivity contribution in [1.82, 2.24) is 10.2 Å². The number of hydrogen-bond acceptors (Lipinski definition) is 4. The predicted molar refractivity (Wildman–Crippen MR) is 67.6 cm³/mol. The van der Waals surface area contributed by atoms with E-state index in [2.05, 4.69) is 5.32 Å². The maximum atomic E-state index is 12.3. The highest BCUT2D eigenvalue weighted by Crippen LogP contribution is 2.31. The first kappa shape index (κ1) is 14.4. The largest absolute Gasteiger partial charge is 0.344 e. The standard InChI is InChI=1S/C11H22N2O3S/c1-4-11(5-6-12-9-11)10(14)13(2)7-8-17(3,15)16/h12H,4-9H2,1-3H3. The van der Waals surface area contributed by atoms with E-state index in [4.69, 9.17) is 0 Å². The first-order valence-corrected chi connectivity index (χ1v) is 8.01. The molecule has 5 nitrogen and oxygen atoms in total. The van der Waals surface area contributed by atoms with E-state index < -0.39 is 9.84 Å². The van der Waals surface area contributed by atoms with Gasteiger partial charge in [-0.15, -0.1) is 0 Å². The Labute approximate surface area is 103 Å². The third-order valence-corrected chi connectivity index (χ3v) is 4.44. The zero-order valence-electron chi connectivity index (χ0n) is 10.8. The van der Waals surface area contributed by atoms with Crippen LogP contribution in [-0.2, 0) is 14.6 Å². The molecule has 1 N–H and O–H groups in total. The zero-order chi connectivity index (χ0) is 13.1. The summed E-state index contributed by atoms with van der Waals surface area (Å²) in [5, 5.41) is 3.21. The van der Waals surface area contributed by atoms with E-state index in [1.807, 2.05) is 6.92 Å². The van der Waals surface area contributed by atoms with Crippen LogP contribution in [0, 0.1) is 5.41 Å². The summed E-state index contributed by atoms with van der Waals surface area (Å²) < 4.78 is 22.2. The SMILES string of the molecule is CCC1(C(=O)N(C)CCS(C)(=O)=O)CCNC1. The van der Waals surface area contributed by atoms with Crippen molar-refractivity contribution in [3.8, 4) is 0 Å². The van der Waals surface area contributed by atoms with Gasteiger partial charge < -0.3 is 10.2 Å². The fourth-order valence-electron chi connectivity index (χ4n) is 2.19. The lowest BCUT2D eigenvalue weighted by atomic mass is 9.83. The molecule has 1 rings (SSSR count). The first-order valence-electron chi connectivity index (χ1n) is 5.95. The summed E-state index contributed by atoms with van der Waals surface area (Å²) in [6, 6.07) is 0. The molecule has 0 aliphatic carbocycles. The van der Waals surface area contributed by atoms with Crippen LogP contribution in [0.25, 0.3) is 0 Å². The summed E-state index contributed by atoms with van der Waals surface area (Å²) in [4.78, 5) is 13.9. The van der Waals surface area contributed by atoms with Gasteiger partial charge in [-0.05, 0) is 19.4 Å². The van der Waals surface area contributed by atoms with Crippen LogP contribution >= 0.6 is 0 Å². The number of carbonyl (C=O) groups excluding carboxylic acids is 1. The molecule has 1 atom stereocenters. The molecule has 1 aliphatic heterocycles. The quantitative estimate of drug-likeness (QED) is 0.750. The van der Waals surface area contributed by atoms with Crippen LogP contribution in [-0.4, -0.2) is 57.9 Å². The molecular weight excluding hydrogens is 240 g/mol. The summed E-state index contributed by atoms with van der Waals surface area (Å²) in [7, 11) is -1.33. The van der Waals surface area contributed by atoms with Crippen LogP contribution in [0.3, 0.4) is 0 Å². The molecule has 0 aromatic carbocycles. The predicted octanol–water partition coefficient (Wildman–Crippen LogP) is -0.121. The number of carbonyl (C=O) groups is 1. The van der Waals surface area contributed by atoms with E-state index in [1.165, 1.54) is 6.26 Å². The molecule has 0 radical (unpaired) electrons. The van der Waals surface area contributed by atoms with Crippen LogP contribution in [0.4, 0.5) is 0 Å². The Hall–Kier alpha value is -0.620. The van der Waals surface area contributed by atoms with E-state index in [1.54, 1.807) is 11.9 Å². The second-order valence-electron chi connectivity index (χ2n) is 4.92. The molecule has 0 aromatic heterocycles.